The van der Waals surface area contributed by atoms with E-state index in [2.05, 4.69) is 48.4 Å². The van der Waals surface area contributed by atoms with E-state index in [-0.39, 0.29) is 18.4 Å². The van der Waals surface area contributed by atoms with Crippen LogP contribution in [0.15, 0.2) is 29.6 Å². The third-order valence-electron chi connectivity index (χ3n) is 3.13. The third-order valence-corrected chi connectivity index (χ3v) is 3.86. The normalized spacial score (nSPS) is 12.1. The maximum atomic E-state index is 12.0. The zero-order valence-electron chi connectivity index (χ0n) is 11.7. The summed E-state index contributed by atoms with van der Waals surface area (Å²) in [6.45, 7) is 4.11. The van der Waals surface area contributed by atoms with Gasteiger partial charge in [-0.15, -0.1) is 11.3 Å². The van der Waals surface area contributed by atoms with Gasteiger partial charge in [-0.25, -0.2) is 4.98 Å². The molecule has 0 bridgehead atoms. The van der Waals surface area contributed by atoms with Gasteiger partial charge in [0.25, 0.3) is 0 Å². The second-order valence-corrected chi connectivity index (χ2v) is 5.68. The molecule has 1 amide bonds. The van der Waals surface area contributed by atoms with Crippen LogP contribution in [0.25, 0.3) is 0 Å². The number of hydrogen-bond donors (Lipinski definition) is 2. The van der Waals surface area contributed by atoms with Gasteiger partial charge in [0.05, 0.1) is 18.2 Å². The molecule has 4 nitrogen and oxygen atoms in total. The molecule has 0 spiro atoms. The van der Waals surface area contributed by atoms with Crippen molar-refractivity contribution in [2.45, 2.75) is 32.7 Å². The van der Waals surface area contributed by atoms with E-state index < -0.39 is 0 Å². The Kier molecular flexibility index (Phi) is 4.74. The number of amides is 1. The lowest BCUT2D eigenvalue weighted by atomic mass is 10.0. The smallest absolute Gasteiger partial charge is 0.226 e. The standard InChI is InChI=1S/C15H19N3OS/c1-3-13(11-6-4-10(2)5-7-11)18-14(19)8-12-9-20-15(16)17-12/h4-7,9,13H,3,8H2,1-2H3,(H2,16,17)(H,18,19). The summed E-state index contributed by atoms with van der Waals surface area (Å²) >= 11 is 1.36. The molecule has 1 atom stereocenters. The number of benzene rings is 1. The highest BCUT2D eigenvalue weighted by atomic mass is 32.1. The maximum Gasteiger partial charge on any atom is 0.226 e. The van der Waals surface area contributed by atoms with Crippen LogP contribution in [0.3, 0.4) is 0 Å². The SMILES string of the molecule is CCC(NC(=O)Cc1csc(N)n1)c1ccc(C)cc1. The van der Waals surface area contributed by atoms with Gasteiger partial charge in [-0.2, -0.15) is 0 Å². The number of nitrogens with two attached hydrogens (primary N) is 1. The average Bonchev–Trinajstić information content (AvgIpc) is 2.82. The molecule has 2 rings (SSSR count). The van der Waals surface area contributed by atoms with Crippen molar-refractivity contribution in [3.63, 3.8) is 0 Å². The molecule has 2 aromatic rings. The van der Waals surface area contributed by atoms with Crippen molar-refractivity contribution in [2.75, 3.05) is 5.73 Å². The Hall–Kier alpha value is -1.88. The summed E-state index contributed by atoms with van der Waals surface area (Å²) in [5, 5.41) is 5.36. The van der Waals surface area contributed by atoms with Crippen LogP contribution in [0.5, 0.6) is 0 Å². The van der Waals surface area contributed by atoms with Gasteiger partial charge in [0.2, 0.25) is 5.91 Å². The van der Waals surface area contributed by atoms with Crippen LogP contribution in [-0.4, -0.2) is 10.9 Å². The minimum atomic E-state index is -0.0253. The van der Waals surface area contributed by atoms with Crippen LogP contribution in [-0.2, 0) is 11.2 Å². The van der Waals surface area contributed by atoms with Crippen molar-refractivity contribution in [2.24, 2.45) is 0 Å². The van der Waals surface area contributed by atoms with Crippen LogP contribution in [0, 0.1) is 6.92 Å². The first-order valence-corrected chi connectivity index (χ1v) is 7.52. The number of nitrogen functional groups attached to an aromatic ring is 1. The number of hydrogen-bond acceptors (Lipinski definition) is 4. The summed E-state index contributed by atoms with van der Waals surface area (Å²) in [6, 6.07) is 8.28. The Morgan fingerprint density at radius 2 is 2.10 bits per heavy atom. The van der Waals surface area contributed by atoms with Crippen molar-refractivity contribution in [3.05, 3.63) is 46.5 Å². The van der Waals surface area contributed by atoms with E-state index in [1.807, 2.05) is 5.38 Å². The molecule has 3 N–H and O–H groups in total. The molecule has 0 aliphatic carbocycles. The Morgan fingerprint density at radius 1 is 1.40 bits per heavy atom. The Bertz CT molecular complexity index is 577. The summed E-state index contributed by atoms with van der Waals surface area (Å²) < 4.78 is 0. The van der Waals surface area contributed by atoms with Gasteiger partial charge >= 0.3 is 0 Å². The van der Waals surface area contributed by atoms with Crippen LogP contribution < -0.4 is 11.1 Å². The van der Waals surface area contributed by atoms with Crippen molar-refractivity contribution in [1.82, 2.24) is 10.3 Å². The van der Waals surface area contributed by atoms with Crippen LogP contribution in [0.1, 0.15) is 36.2 Å². The number of thiazole rings is 1. The highest BCUT2D eigenvalue weighted by Crippen LogP contribution is 2.18. The summed E-state index contributed by atoms with van der Waals surface area (Å²) in [5.74, 6) is -0.0253. The van der Waals surface area contributed by atoms with Gasteiger partial charge in [0.1, 0.15) is 0 Å². The summed E-state index contributed by atoms with van der Waals surface area (Å²) in [4.78, 5) is 16.1. The Labute approximate surface area is 123 Å². The molecular weight excluding hydrogens is 270 g/mol. The average molecular weight is 289 g/mol. The van der Waals surface area contributed by atoms with Crippen LogP contribution >= 0.6 is 11.3 Å². The van der Waals surface area contributed by atoms with Gasteiger partial charge in [0.15, 0.2) is 5.13 Å². The predicted octanol–water partition coefficient (Wildman–Crippen LogP) is 2.84. The third kappa shape index (κ3) is 3.81. The molecule has 1 aromatic heterocycles. The van der Waals surface area contributed by atoms with E-state index in [9.17, 15) is 4.79 Å². The summed E-state index contributed by atoms with van der Waals surface area (Å²) in [6.07, 6.45) is 1.13. The number of rotatable bonds is 5. The number of carbonyl (C=O) groups excluding carboxylic acids is 1. The Balaban J connectivity index is 1.99. The first kappa shape index (κ1) is 14.5. The largest absolute Gasteiger partial charge is 0.375 e. The van der Waals surface area contributed by atoms with Gasteiger partial charge in [-0.05, 0) is 18.9 Å². The lowest BCUT2D eigenvalue weighted by Crippen LogP contribution is -2.29. The molecule has 1 unspecified atom stereocenters. The maximum absolute atomic E-state index is 12.0. The van der Waals surface area contributed by atoms with Gasteiger partial charge in [-0.1, -0.05) is 36.8 Å². The van der Waals surface area contributed by atoms with Crippen molar-refractivity contribution >= 4 is 22.4 Å². The molecule has 0 radical (unpaired) electrons. The van der Waals surface area contributed by atoms with E-state index in [4.69, 9.17) is 5.73 Å². The van der Waals surface area contributed by atoms with Crippen molar-refractivity contribution < 1.29 is 4.79 Å². The number of anilines is 1. The van der Waals surface area contributed by atoms with E-state index in [0.717, 1.165) is 17.7 Å². The summed E-state index contributed by atoms with van der Waals surface area (Å²) in [5.41, 5.74) is 8.63. The van der Waals surface area contributed by atoms with Gasteiger partial charge in [0, 0.05) is 5.38 Å². The van der Waals surface area contributed by atoms with Crippen molar-refractivity contribution in [3.8, 4) is 0 Å². The number of aryl methyl sites for hydroxylation is 1. The van der Waals surface area contributed by atoms with Crippen LogP contribution in [0.2, 0.25) is 0 Å². The minimum absolute atomic E-state index is 0.0253. The lowest BCUT2D eigenvalue weighted by Gasteiger charge is -2.17. The van der Waals surface area contributed by atoms with E-state index >= 15 is 0 Å². The molecule has 0 aliphatic rings. The van der Waals surface area contributed by atoms with Crippen LogP contribution in [0.4, 0.5) is 5.13 Å². The quantitative estimate of drug-likeness (QED) is 0.889. The first-order valence-electron chi connectivity index (χ1n) is 6.64. The molecule has 5 heteroatoms. The molecule has 0 aliphatic heterocycles. The van der Waals surface area contributed by atoms with Gasteiger partial charge < -0.3 is 11.1 Å². The second kappa shape index (κ2) is 6.52. The fourth-order valence-corrected chi connectivity index (χ4v) is 2.60. The minimum Gasteiger partial charge on any atom is -0.375 e. The highest BCUT2D eigenvalue weighted by Gasteiger charge is 2.14. The molecule has 1 heterocycles. The van der Waals surface area contributed by atoms with Crippen molar-refractivity contribution in [1.29, 1.82) is 0 Å². The van der Waals surface area contributed by atoms with E-state index in [1.165, 1.54) is 16.9 Å². The monoisotopic (exact) mass is 289 g/mol. The molecule has 0 saturated carbocycles. The highest BCUT2D eigenvalue weighted by molar-refractivity contribution is 7.13. The molecule has 0 fully saturated rings. The first-order chi connectivity index (χ1) is 9.58. The predicted molar refractivity (Wildman–Crippen MR) is 82.6 cm³/mol. The molecule has 0 saturated heterocycles. The number of aromatic nitrogens is 1. The molecule has 1 aromatic carbocycles. The van der Waals surface area contributed by atoms with Gasteiger partial charge in [-0.3, -0.25) is 4.79 Å². The van der Waals surface area contributed by atoms with E-state index in [1.54, 1.807) is 0 Å². The fourth-order valence-electron chi connectivity index (χ4n) is 2.03. The lowest BCUT2D eigenvalue weighted by molar-refractivity contribution is -0.121. The Morgan fingerprint density at radius 3 is 2.65 bits per heavy atom. The topological polar surface area (TPSA) is 68.0 Å². The second-order valence-electron chi connectivity index (χ2n) is 4.79. The molecular formula is C15H19N3OS. The number of nitrogens with zero attached hydrogens (tertiary/aromatic N) is 1. The number of carbonyl (C=O) groups is 1. The molecule has 20 heavy (non-hydrogen) atoms. The zero-order chi connectivity index (χ0) is 14.5. The summed E-state index contributed by atoms with van der Waals surface area (Å²) in [7, 11) is 0. The fraction of sp³-hybridized carbons (Fsp3) is 0.333. The van der Waals surface area contributed by atoms with E-state index in [0.29, 0.717) is 5.13 Å². The number of nitrogens with one attached hydrogen (secondary N) is 1. The molecule has 106 valence electrons. The zero-order valence-corrected chi connectivity index (χ0v) is 12.5.